The van der Waals surface area contributed by atoms with E-state index in [0.29, 0.717) is 19.3 Å². The largest absolute Gasteiger partial charge is 0.456 e. The van der Waals surface area contributed by atoms with Crippen molar-refractivity contribution in [2.24, 2.45) is 0 Å². The van der Waals surface area contributed by atoms with Crippen molar-refractivity contribution in [1.82, 2.24) is 14.8 Å². The summed E-state index contributed by atoms with van der Waals surface area (Å²) in [5.74, 6) is 2.57. The fraction of sp³-hybridized carbons (Fsp3) is 0.442. The summed E-state index contributed by atoms with van der Waals surface area (Å²) in [4.78, 5) is 40.9. The molecule has 294 valence electrons. The lowest BCUT2D eigenvalue weighted by Gasteiger charge is -2.30. The summed E-state index contributed by atoms with van der Waals surface area (Å²) in [6.07, 6.45) is 12.3. The minimum atomic E-state index is -0.456. The molecule has 0 radical (unpaired) electrons. The molecule has 12 heteroatoms. The van der Waals surface area contributed by atoms with Crippen LogP contribution in [0.2, 0.25) is 0 Å². The maximum absolute atomic E-state index is 12.9. The Kier molecular flexibility index (Phi) is 14.6. The van der Waals surface area contributed by atoms with Crippen LogP contribution in [0.25, 0.3) is 17.4 Å². The number of fused-ring (bicyclic) bond motifs is 2. The zero-order valence-electron chi connectivity index (χ0n) is 32.7. The first-order chi connectivity index (χ1) is 26.3. The van der Waals surface area contributed by atoms with E-state index >= 15 is 0 Å². The lowest BCUT2D eigenvalue weighted by molar-refractivity contribution is -0.137. The number of hydrogen-bond donors (Lipinski definition) is 2. The van der Waals surface area contributed by atoms with Crippen LogP contribution in [0.3, 0.4) is 0 Å². The lowest BCUT2D eigenvalue weighted by Crippen LogP contribution is -2.38. The molecule has 9 nitrogen and oxygen atoms in total. The standard InChI is InChI=1S/C43H54N4O5S3/c1-6-45(22-9-25-53)30-14-16-33-34(42(2,3)4)28-31(52-37(33)27-30)11-7-12-38-43(5,35-29-32(55-51)15-17-36(35)46(38)23-10-26-54)20-8-13-39(48)44-21-24-47-40(49)18-19-41(47)50/h7,11-12,14-19,27-29H,6,8-10,13,20-26H2,1-5H3,(H3-,44,48,51,53,54)/p+3. The molecular formula is C43H57N4O5S3+3. The minimum absolute atomic E-state index is 0.106. The first kappa shape index (κ1) is 42.4. The van der Waals surface area contributed by atoms with E-state index in [0.717, 1.165) is 105 Å². The van der Waals surface area contributed by atoms with Crippen molar-refractivity contribution in [3.8, 4) is 11.3 Å². The van der Waals surface area contributed by atoms with Crippen molar-refractivity contribution >= 4 is 66.8 Å². The van der Waals surface area contributed by atoms with Crippen molar-refractivity contribution in [3.63, 3.8) is 0 Å². The number of nitrogens with zero attached hydrogens (tertiary/aromatic N) is 3. The highest BCUT2D eigenvalue weighted by atomic mass is 32.2. The molecule has 0 saturated heterocycles. The Hall–Kier alpha value is -3.71. The molecule has 2 N–H and O–H groups in total. The molecule has 3 aliphatic heterocycles. The Morgan fingerprint density at radius 3 is 2.42 bits per heavy atom. The van der Waals surface area contributed by atoms with Crippen molar-refractivity contribution in [3.05, 3.63) is 94.7 Å². The first-order valence-electron chi connectivity index (χ1n) is 19.2. The lowest BCUT2D eigenvalue weighted by atomic mass is 9.77. The van der Waals surface area contributed by atoms with Crippen LogP contribution in [0.15, 0.2) is 81.8 Å². The average molecular weight is 806 g/mol. The van der Waals surface area contributed by atoms with E-state index in [1.807, 2.05) is 12.1 Å². The molecule has 0 spiro atoms. The molecule has 3 amide bonds. The predicted molar refractivity (Wildman–Crippen MR) is 233 cm³/mol. The molecule has 5 rings (SSSR count). The van der Waals surface area contributed by atoms with Gasteiger partial charge >= 0.3 is 0 Å². The van der Waals surface area contributed by atoms with E-state index in [-0.39, 0.29) is 36.2 Å². The van der Waals surface area contributed by atoms with Gasteiger partial charge in [0.15, 0.2) is 0 Å². The van der Waals surface area contributed by atoms with Crippen molar-refractivity contribution < 1.29 is 23.4 Å². The molecule has 1 aromatic carbocycles. The van der Waals surface area contributed by atoms with Gasteiger partial charge in [-0.15, -0.1) is 0 Å². The highest BCUT2D eigenvalue weighted by molar-refractivity contribution is 7.93. The van der Waals surface area contributed by atoms with Crippen LogP contribution in [-0.2, 0) is 50.5 Å². The van der Waals surface area contributed by atoms with E-state index in [2.05, 4.69) is 123 Å². The van der Waals surface area contributed by atoms with Crippen LogP contribution in [0.5, 0.6) is 0 Å². The predicted octanol–water partition coefficient (Wildman–Crippen LogP) is 5.73. The van der Waals surface area contributed by atoms with Crippen molar-refractivity contribution in [2.75, 3.05) is 49.1 Å². The van der Waals surface area contributed by atoms with Gasteiger partial charge < -0.3 is 19.2 Å². The summed E-state index contributed by atoms with van der Waals surface area (Å²) in [7, 11) is 0. The number of benzene rings is 2. The van der Waals surface area contributed by atoms with Crippen LogP contribution in [-0.4, -0.2) is 71.4 Å². The third kappa shape index (κ3) is 10.0. The van der Waals surface area contributed by atoms with Gasteiger partial charge in [-0.25, -0.2) is 4.58 Å². The molecule has 0 fully saturated rings. The molecule has 1 aliphatic carbocycles. The quantitative estimate of drug-likeness (QED) is 0.0778. The van der Waals surface area contributed by atoms with Crippen LogP contribution in [0, 0.1) is 0 Å². The fourth-order valence-corrected chi connectivity index (χ4v) is 8.16. The van der Waals surface area contributed by atoms with E-state index in [1.165, 1.54) is 17.7 Å². The van der Waals surface area contributed by atoms with Crippen LogP contribution >= 0.6 is 12.0 Å². The molecule has 1 aromatic rings. The summed E-state index contributed by atoms with van der Waals surface area (Å²) in [6, 6.07) is 14.8. The SMILES string of the molecule is CC[N+](CCC[SH2+])=c1ccc2c(C(C)(C)C)cc(/C=C/C=C3\N(CCC[SH2+])c4ccc(SO)cc4C3(C)CCCC(=O)NCCN3C(=O)C=CC3=O)oc-2c1. The zero-order chi connectivity index (χ0) is 39.8. The summed E-state index contributed by atoms with van der Waals surface area (Å²) < 4.78 is 19.0. The van der Waals surface area contributed by atoms with Gasteiger partial charge in [0, 0.05) is 90.0 Å². The number of rotatable bonds is 17. The monoisotopic (exact) mass is 805 g/mol. The van der Waals surface area contributed by atoms with Gasteiger partial charge in [0.2, 0.25) is 11.3 Å². The topological polar surface area (TPSA) is 106 Å². The molecule has 3 heterocycles. The van der Waals surface area contributed by atoms with Gasteiger partial charge in [0.05, 0.1) is 12.5 Å². The van der Waals surface area contributed by atoms with Crippen molar-refractivity contribution in [2.45, 2.75) is 82.4 Å². The highest BCUT2D eigenvalue weighted by Crippen LogP contribution is 2.51. The van der Waals surface area contributed by atoms with E-state index in [1.54, 1.807) is 0 Å². The number of nitrogens with one attached hydrogen (secondary N) is 1. The van der Waals surface area contributed by atoms with Crippen molar-refractivity contribution in [1.29, 1.82) is 0 Å². The first-order valence-corrected chi connectivity index (χ1v) is 21.4. The summed E-state index contributed by atoms with van der Waals surface area (Å²) in [6.45, 7) is 14.1. The van der Waals surface area contributed by atoms with Gasteiger partial charge in [-0.1, -0.05) is 26.8 Å². The second-order valence-electron chi connectivity index (χ2n) is 15.3. The second-order valence-corrected chi connectivity index (χ2v) is 17.0. The Bertz CT molecular complexity index is 2000. The maximum atomic E-state index is 12.9. The number of hydrogen-bond acceptors (Lipinski definition) is 7. The van der Waals surface area contributed by atoms with Crippen LogP contribution in [0.1, 0.15) is 83.6 Å². The third-order valence-corrected chi connectivity index (χ3v) is 11.6. The molecule has 0 saturated carbocycles. The number of amides is 3. The molecule has 4 aliphatic rings. The number of carbonyl (C=O) groups excluding carboxylic acids is 3. The molecule has 0 bridgehead atoms. The van der Waals surface area contributed by atoms with E-state index in [4.69, 9.17) is 4.42 Å². The minimum Gasteiger partial charge on any atom is -0.456 e. The molecule has 1 unspecified atom stereocenters. The smallest absolute Gasteiger partial charge is 0.253 e. The van der Waals surface area contributed by atoms with Crippen LogP contribution in [0.4, 0.5) is 5.69 Å². The number of anilines is 1. The van der Waals surface area contributed by atoms with E-state index in [9.17, 15) is 18.9 Å². The van der Waals surface area contributed by atoms with Gasteiger partial charge in [-0.2, -0.15) is 0 Å². The summed E-state index contributed by atoms with van der Waals surface area (Å²) >= 11 is 8.04. The summed E-state index contributed by atoms with van der Waals surface area (Å²) in [5.41, 5.74) is 5.08. The fourth-order valence-electron chi connectivity index (χ4n) is 7.55. The number of imide groups is 1. The number of carbonyl (C=O) groups is 3. The summed E-state index contributed by atoms with van der Waals surface area (Å²) in [5, 5.41) is 4.02. The molecule has 0 aromatic heterocycles. The average Bonchev–Trinajstić information content (AvgIpc) is 3.60. The molecule has 1 atom stereocenters. The Labute approximate surface area is 341 Å². The van der Waals surface area contributed by atoms with E-state index < -0.39 is 5.41 Å². The van der Waals surface area contributed by atoms with Gasteiger partial charge in [-0.05, 0) is 111 Å². The van der Waals surface area contributed by atoms with Crippen LogP contribution < -0.4 is 20.1 Å². The highest BCUT2D eigenvalue weighted by Gasteiger charge is 2.43. The second kappa shape index (κ2) is 19.0. The van der Waals surface area contributed by atoms with Gasteiger partial charge in [0.1, 0.15) is 36.1 Å². The molecular weight excluding hydrogens is 749 g/mol. The number of allylic oxidation sites excluding steroid dienone is 3. The Morgan fingerprint density at radius 1 is 1.00 bits per heavy atom. The normalized spacial score (nSPS) is 18.4. The maximum Gasteiger partial charge on any atom is 0.253 e. The zero-order valence-corrected chi connectivity index (χ0v) is 35.6. The Morgan fingerprint density at radius 2 is 1.75 bits per heavy atom. The third-order valence-electron chi connectivity index (χ3n) is 10.5. The van der Waals surface area contributed by atoms with Gasteiger partial charge in [0.25, 0.3) is 11.8 Å². The molecule has 55 heavy (non-hydrogen) atoms. The van der Waals surface area contributed by atoms with Gasteiger partial charge in [-0.3, -0.25) is 19.3 Å². The Balaban J connectivity index is 1.46.